The Kier molecular flexibility index (Phi) is 10.9. The fraction of sp³-hybridized carbons (Fsp3) is 0.571. The van der Waals surface area contributed by atoms with Crippen LogP contribution in [0.5, 0.6) is 0 Å². The summed E-state index contributed by atoms with van der Waals surface area (Å²) >= 11 is 0. The number of benzene rings is 2. The Morgan fingerprint density at radius 3 is 1.79 bits per heavy atom. The van der Waals surface area contributed by atoms with Crippen LogP contribution in [0.15, 0.2) is 48.5 Å². The molecule has 1 unspecified atom stereocenters. The highest BCUT2D eigenvalue weighted by molar-refractivity contribution is 5.61. The van der Waals surface area contributed by atoms with Crippen LogP contribution in [0.2, 0.25) is 0 Å². The Balaban J connectivity index is 1.03. The van der Waals surface area contributed by atoms with Crippen LogP contribution in [0.3, 0.4) is 0 Å². The van der Waals surface area contributed by atoms with E-state index < -0.39 is 0 Å². The van der Waals surface area contributed by atoms with E-state index in [0.717, 1.165) is 84.3 Å². The van der Waals surface area contributed by atoms with Gasteiger partial charge in [0, 0.05) is 51.4 Å². The van der Waals surface area contributed by atoms with E-state index in [2.05, 4.69) is 25.3 Å². The fourth-order valence-corrected chi connectivity index (χ4v) is 5.64. The van der Waals surface area contributed by atoms with Gasteiger partial charge in [0.1, 0.15) is 11.4 Å². The van der Waals surface area contributed by atoms with Crippen molar-refractivity contribution in [1.29, 1.82) is 0 Å². The molecule has 4 rings (SSSR count). The van der Waals surface area contributed by atoms with Gasteiger partial charge in [-0.2, -0.15) is 0 Å². The van der Waals surface area contributed by atoms with Gasteiger partial charge in [0.15, 0.2) is 0 Å². The molecule has 2 N–H and O–H groups in total. The van der Waals surface area contributed by atoms with Crippen molar-refractivity contribution in [2.75, 3.05) is 76.2 Å². The van der Waals surface area contributed by atoms with Gasteiger partial charge in [0.2, 0.25) is 0 Å². The lowest BCUT2D eigenvalue weighted by Crippen LogP contribution is -2.28. The predicted molar refractivity (Wildman–Crippen MR) is 154 cm³/mol. The molecule has 0 aliphatic carbocycles. The minimum atomic E-state index is -0.342. The summed E-state index contributed by atoms with van der Waals surface area (Å²) in [4.78, 5) is 29.1. The predicted octanol–water partition coefficient (Wildman–Crippen LogP) is 4.48. The molecule has 11 heteroatoms. The van der Waals surface area contributed by atoms with Gasteiger partial charge in [-0.3, -0.25) is 30.0 Å². The average molecular weight is 540 g/mol. The summed E-state index contributed by atoms with van der Waals surface area (Å²) in [5.74, 6) is 0.764. The first-order valence-corrected chi connectivity index (χ1v) is 14.1. The first-order valence-electron chi connectivity index (χ1n) is 14.1. The van der Waals surface area contributed by atoms with Gasteiger partial charge in [-0.15, -0.1) is 0 Å². The third kappa shape index (κ3) is 8.87. The molecule has 0 aromatic heterocycles. The summed E-state index contributed by atoms with van der Waals surface area (Å²) in [6.07, 6.45) is 5.68. The molecule has 2 aromatic carbocycles. The van der Waals surface area contributed by atoms with E-state index >= 15 is 0 Å². The molecule has 0 saturated carbocycles. The summed E-state index contributed by atoms with van der Waals surface area (Å²) in [5.41, 5.74) is 1.44. The second-order valence-corrected chi connectivity index (χ2v) is 10.6. The lowest BCUT2D eigenvalue weighted by molar-refractivity contribution is -0.384. The first-order chi connectivity index (χ1) is 19.0. The van der Waals surface area contributed by atoms with Crippen LogP contribution in [-0.2, 0) is 0 Å². The van der Waals surface area contributed by atoms with Crippen molar-refractivity contribution in [1.82, 2.24) is 14.7 Å². The van der Waals surface area contributed by atoms with Gasteiger partial charge in [0.05, 0.1) is 16.5 Å². The van der Waals surface area contributed by atoms with Crippen LogP contribution in [0.1, 0.15) is 32.1 Å². The molecule has 1 atom stereocenters. The molecule has 2 aromatic rings. The number of hydrogen-bond donors (Lipinski definition) is 2. The molecule has 0 bridgehead atoms. The third-order valence-electron chi connectivity index (χ3n) is 7.72. The lowest BCUT2D eigenvalue weighted by atomic mass is 10.0. The van der Waals surface area contributed by atoms with Crippen LogP contribution in [-0.4, -0.2) is 90.1 Å². The second-order valence-electron chi connectivity index (χ2n) is 10.6. The maximum absolute atomic E-state index is 11.1. The molecule has 2 saturated heterocycles. The molecular weight excluding hydrogens is 498 g/mol. The number of hydrogen-bond acceptors (Lipinski definition) is 9. The summed E-state index contributed by atoms with van der Waals surface area (Å²) in [6.45, 7) is 10.1. The van der Waals surface area contributed by atoms with Crippen molar-refractivity contribution in [3.05, 3.63) is 68.8 Å². The van der Waals surface area contributed by atoms with Crippen LogP contribution in [0.25, 0.3) is 0 Å². The SMILES string of the molecule is O=[N+]([O-])c1ccccc1NCCCN1CCC(CCCN2CCN(CCCNc3ccccc3[N+](=O)[O-])C2)C1. The van der Waals surface area contributed by atoms with Crippen molar-refractivity contribution in [2.45, 2.75) is 32.1 Å². The molecule has 0 amide bonds. The number of anilines is 2. The van der Waals surface area contributed by atoms with E-state index in [-0.39, 0.29) is 21.2 Å². The zero-order valence-corrected chi connectivity index (χ0v) is 22.7. The van der Waals surface area contributed by atoms with Crippen LogP contribution < -0.4 is 10.6 Å². The third-order valence-corrected chi connectivity index (χ3v) is 7.72. The molecular formula is C28H41N7O4. The quantitative estimate of drug-likeness (QED) is 0.181. The first kappa shape index (κ1) is 28.7. The zero-order chi connectivity index (χ0) is 27.5. The van der Waals surface area contributed by atoms with E-state index in [0.29, 0.717) is 11.4 Å². The Bertz CT molecular complexity index is 1000. The largest absolute Gasteiger partial charge is 0.379 e. The van der Waals surface area contributed by atoms with Gasteiger partial charge in [-0.1, -0.05) is 24.3 Å². The Morgan fingerprint density at radius 1 is 0.718 bits per heavy atom. The maximum atomic E-state index is 11.1. The molecule has 2 aliphatic heterocycles. The van der Waals surface area contributed by atoms with Gasteiger partial charge in [-0.25, -0.2) is 0 Å². The summed E-state index contributed by atoms with van der Waals surface area (Å²) in [5, 5.41) is 28.7. The highest BCUT2D eigenvalue weighted by atomic mass is 16.6. The number of rotatable bonds is 16. The topological polar surface area (TPSA) is 120 Å². The minimum Gasteiger partial charge on any atom is -0.379 e. The number of para-hydroxylation sites is 4. The zero-order valence-electron chi connectivity index (χ0n) is 22.7. The Labute approximate surface area is 230 Å². The van der Waals surface area contributed by atoms with Gasteiger partial charge < -0.3 is 15.5 Å². The molecule has 0 radical (unpaired) electrons. The fourth-order valence-electron chi connectivity index (χ4n) is 5.64. The Hall–Kier alpha value is -3.28. The van der Waals surface area contributed by atoms with E-state index in [1.54, 1.807) is 24.3 Å². The monoisotopic (exact) mass is 539 g/mol. The highest BCUT2D eigenvalue weighted by Gasteiger charge is 2.23. The number of nitro groups is 2. The average Bonchev–Trinajstić information content (AvgIpc) is 3.59. The lowest BCUT2D eigenvalue weighted by Gasteiger charge is -2.19. The van der Waals surface area contributed by atoms with Gasteiger partial charge >= 0.3 is 0 Å². The van der Waals surface area contributed by atoms with Crippen molar-refractivity contribution in [3.8, 4) is 0 Å². The maximum Gasteiger partial charge on any atom is 0.292 e. The van der Waals surface area contributed by atoms with E-state index in [1.807, 2.05) is 12.1 Å². The number of nitrogens with zero attached hydrogens (tertiary/aromatic N) is 5. The minimum absolute atomic E-state index is 0.128. The summed E-state index contributed by atoms with van der Waals surface area (Å²) in [6, 6.07) is 13.6. The van der Waals surface area contributed by atoms with Crippen molar-refractivity contribution < 1.29 is 9.85 Å². The van der Waals surface area contributed by atoms with Gasteiger partial charge in [0.25, 0.3) is 11.4 Å². The number of nitrogens with one attached hydrogen (secondary N) is 2. The smallest absolute Gasteiger partial charge is 0.292 e. The van der Waals surface area contributed by atoms with Crippen LogP contribution >= 0.6 is 0 Å². The molecule has 212 valence electrons. The van der Waals surface area contributed by atoms with E-state index in [4.69, 9.17) is 0 Å². The van der Waals surface area contributed by atoms with Crippen molar-refractivity contribution in [3.63, 3.8) is 0 Å². The van der Waals surface area contributed by atoms with Gasteiger partial charge in [-0.05, 0) is 69.8 Å². The second kappa shape index (κ2) is 14.8. The normalized spacial score (nSPS) is 18.4. The summed E-state index contributed by atoms with van der Waals surface area (Å²) < 4.78 is 0. The van der Waals surface area contributed by atoms with E-state index in [1.165, 1.54) is 31.4 Å². The van der Waals surface area contributed by atoms with E-state index in [9.17, 15) is 20.2 Å². The standard InChI is InChI=1S/C28H41N7O4/c36-34(37)27-11-3-1-9-25(27)29-14-6-17-31-19-13-24(22-31)8-5-16-32-20-21-33(23-32)18-7-15-30-26-10-2-4-12-28(26)35(38)39/h1-4,9-12,24,29-30H,5-8,13-23H2. The van der Waals surface area contributed by atoms with Crippen LogP contribution in [0.4, 0.5) is 22.7 Å². The number of likely N-dealkylation sites (tertiary alicyclic amines) is 1. The summed E-state index contributed by atoms with van der Waals surface area (Å²) in [7, 11) is 0. The molecule has 2 fully saturated rings. The van der Waals surface area contributed by atoms with Crippen molar-refractivity contribution >= 4 is 22.7 Å². The van der Waals surface area contributed by atoms with Crippen LogP contribution in [0, 0.1) is 26.1 Å². The Morgan fingerprint density at radius 2 is 1.23 bits per heavy atom. The molecule has 2 heterocycles. The molecule has 39 heavy (non-hydrogen) atoms. The van der Waals surface area contributed by atoms with Crippen molar-refractivity contribution in [2.24, 2.45) is 5.92 Å². The molecule has 0 spiro atoms. The number of nitro benzene ring substituents is 2. The molecule has 2 aliphatic rings. The molecule has 11 nitrogen and oxygen atoms in total. The highest BCUT2D eigenvalue weighted by Crippen LogP contribution is 2.25.